The summed E-state index contributed by atoms with van der Waals surface area (Å²) in [5.41, 5.74) is 0.818. The van der Waals surface area contributed by atoms with Crippen molar-refractivity contribution >= 4 is 17.7 Å². The maximum absolute atomic E-state index is 12.9. The maximum Gasteiger partial charge on any atom is 0.416 e. The summed E-state index contributed by atoms with van der Waals surface area (Å²) in [4.78, 5) is 14.7. The molecular formula is C22H21F3N4O2S. The fourth-order valence-electron chi connectivity index (χ4n) is 3.25. The van der Waals surface area contributed by atoms with Crippen LogP contribution in [0.3, 0.4) is 0 Å². The number of carbonyl (C=O) groups is 1. The van der Waals surface area contributed by atoms with Gasteiger partial charge in [-0.2, -0.15) is 13.2 Å². The first-order chi connectivity index (χ1) is 15.3. The number of alkyl halides is 3. The van der Waals surface area contributed by atoms with Crippen LogP contribution in [0.2, 0.25) is 0 Å². The average molecular weight is 462 g/mol. The van der Waals surface area contributed by atoms with Gasteiger partial charge in [-0.05, 0) is 54.8 Å². The van der Waals surface area contributed by atoms with Crippen molar-refractivity contribution in [2.45, 2.75) is 36.8 Å². The van der Waals surface area contributed by atoms with Gasteiger partial charge in [0, 0.05) is 18.3 Å². The zero-order valence-electron chi connectivity index (χ0n) is 17.2. The highest BCUT2D eigenvalue weighted by molar-refractivity contribution is 7.99. The number of benzene rings is 2. The summed E-state index contributed by atoms with van der Waals surface area (Å²) in [5, 5.41) is 8.64. The number of aromatic nitrogens is 3. The number of thioether (sulfide) groups is 1. The lowest BCUT2D eigenvalue weighted by Crippen LogP contribution is -2.34. The van der Waals surface area contributed by atoms with Crippen LogP contribution in [0, 0.1) is 0 Å². The Balaban J connectivity index is 1.41. The van der Waals surface area contributed by atoms with Crippen molar-refractivity contribution in [3.05, 3.63) is 66.0 Å². The molecule has 6 nitrogen and oxygen atoms in total. The third kappa shape index (κ3) is 5.24. The molecule has 1 amide bonds. The second kappa shape index (κ2) is 9.23. The zero-order chi connectivity index (χ0) is 22.7. The third-order valence-corrected chi connectivity index (χ3v) is 6.06. The average Bonchev–Trinajstić information content (AvgIpc) is 3.52. The quantitative estimate of drug-likeness (QED) is 0.459. The Kier molecular flexibility index (Phi) is 6.40. The highest BCUT2D eigenvalue weighted by atomic mass is 32.2. The minimum atomic E-state index is -4.37. The van der Waals surface area contributed by atoms with Gasteiger partial charge in [0.15, 0.2) is 5.16 Å². The Hall–Kier alpha value is -3.01. The molecule has 10 heteroatoms. The van der Waals surface area contributed by atoms with Crippen LogP contribution in [-0.4, -0.2) is 44.5 Å². The number of hydrogen-bond acceptors (Lipinski definition) is 5. The smallest absolute Gasteiger partial charge is 0.416 e. The Morgan fingerprint density at radius 2 is 1.84 bits per heavy atom. The van der Waals surface area contributed by atoms with Crippen LogP contribution in [0.4, 0.5) is 13.2 Å². The van der Waals surface area contributed by atoms with E-state index in [1.807, 2.05) is 24.3 Å². The Morgan fingerprint density at radius 1 is 1.16 bits per heavy atom. The highest BCUT2D eigenvalue weighted by Crippen LogP contribution is 2.32. The van der Waals surface area contributed by atoms with Gasteiger partial charge in [-0.25, -0.2) is 0 Å². The van der Waals surface area contributed by atoms with E-state index >= 15 is 0 Å². The van der Waals surface area contributed by atoms with Crippen molar-refractivity contribution in [3.63, 3.8) is 0 Å². The number of amides is 1. The van der Waals surface area contributed by atoms with E-state index in [9.17, 15) is 18.0 Å². The molecule has 4 rings (SSSR count). The number of methoxy groups -OCH3 is 1. The summed E-state index contributed by atoms with van der Waals surface area (Å²) >= 11 is 1.27. The summed E-state index contributed by atoms with van der Waals surface area (Å²) in [6.07, 6.45) is -0.991. The number of nitrogens with zero attached hydrogens (tertiary/aromatic N) is 4. The molecular weight excluding hydrogens is 441 g/mol. The highest BCUT2D eigenvalue weighted by Gasteiger charge is 2.33. The van der Waals surface area contributed by atoms with Gasteiger partial charge in [-0.3, -0.25) is 9.36 Å². The van der Waals surface area contributed by atoms with E-state index in [0.717, 1.165) is 36.4 Å². The van der Waals surface area contributed by atoms with E-state index in [1.165, 1.54) is 23.9 Å². The second-order valence-electron chi connectivity index (χ2n) is 7.42. The Labute approximate surface area is 187 Å². The van der Waals surface area contributed by atoms with Crippen LogP contribution in [0.5, 0.6) is 5.75 Å². The molecule has 0 bridgehead atoms. The van der Waals surface area contributed by atoms with E-state index < -0.39 is 11.7 Å². The van der Waals surface area contributed by atoms with Gasteiger partial charge in [-0.15, -0.1) is 10.2 Å². The van der Waals surface area contributed by atoms with Crippen LogP contribution in [-0.2, 0) is 17.5 Å². The SMILES string of the molecule is COc1ccc(-n2cnnc2SCC(=O)N(Cc2ccc(C(F)(F)F)cc2)C2CC2)cc1. The topological polar surface area (TPSA) is 60.2 Å². The number of rotatable bonds is 8. The van der Waals surface area contributed by atoms with Gasteiger partial charge in [0.1, 0.15) is 12.1 Å². The Bertz CT molecular complexity index is 1060. The van der Waals surface area contributed by atoms with E-state index in [0.29, 0.717) is 10.7 Å². The first-order valence-electron chi connectivity index (χ1n) is 9.98. The molecule has 1 saturated carbocycles. The first kappa shape index (κ1) is 22.2. The van der Waals surface area contributed by atoms with Gasteiger partial charge in [0.2, 0.25) is 5.91 Å². The van der Waals surface area contributed by atoms with Gasteiger partial charge >= 0.3 is 6.18 Å². The van der Waals surface area contributed by atoms with Gasteiger partial charge in [-0.1, -0.05) is 23.9 Å². The molecule has 0 N–H and O–H groups in total. The third-order valence-electron chi connectivity index (χ3n) is 5.13. The molecule has 168 valence electrons. The molecule has 1 aromatic heterocycles. The van der Waals surface area contributed by atoms with E-state index in [-0.39, 0.29) is 24.2 Å². The predicted molar refractivity (Wildman–Crippen MR) is 114 cm³/mol. The van der Waals surface area contributed by atoms with Crippen LogP contribution in [0.25, 0.3) is 5.69 Å². The molecule has 1 fully saturated rings. The van der Waals surface area contributed by atoms with Gasteiger partial charge in [0.25, 0.3) is 0 Å². The van der Waals surface area contributed by atoms with Crippen LogP contribution in [0.15, 0.2) is 60.0 Å². The number of carbonyl (C=O) groups excluding carboxylic acids is 1. The van der Waals surface area contributed by atoms with Crippen LogP contribution >= 0.6 is 11.8 Å². The second-order valence-corrected chi connectivity index (χ2v) is 8.36. The standard InChI is InChI=1S/C22H21F3N4O2S/c1-31-19-10-8-18(9-11-19)29-14-26-27-21(29)32-13-20(30)28(17-6-7-17)12-15-2-4-16(5-3-15)22(23,24)25/h2-5,8-11,14,17H,6-7,12-13H2,1H3. The molecule has 2 aromatic carbocycles. The van der Waals surface area contributed by atoms with Crippen molar-refractivity contribution in [3.8, 4) is 11.4 Å². The molecule has 0 saturated heterocycles. The predicted octanol–water partition coefficient (Wildman–Crippen LogP) is 4.58. The van der Waals surface area contributed by atoms with Gasteiger partial charge < -0.3 is 9.64 Å². The molecule has 0 unspecified atom stereocenters. The summed E-state index contributed by atoms with van der Waals surface area (Å²) < 4.78 is 45.3. The lowest BCUT2D eigenvalue weighted by molar-refractivity contribution is -0.137. The molecule has 0 spiro atoms. The normalized spacial score (nSPS) is 13.8. The molecule has 1 heterocycles. The maximum atomic E-state index is 12.9. The lowest BCUT2D eigenvalue weighted by Gasteiger charge is -2.22. The summed E-state index contributed by atoms with van der Waals surface area (Å²) in [6, 6.07) is 12.5. The molecule has 0 radical (unpaired) electrons. The van der Waals surface area contributed by atoms with Gasteiger partial charge in [0.05, 0.1) is 18.4 Å². The molecule has 3 aromatic rings. The Morgan fingerprint density at radius 3 is 2.44 bits per heavy atom. The summed E-state index contributed by atoms with van der Waals surface area (Å²) in [7, 11) is 1.59. The van der Waals surface area contributed by atoms with Crippen molar-refractivity contribution < 1.29 is 22.7 Å². The summed E-state index contributed by atoms with van der Waals surface area (Å²) in [5.74, 6) is 0.808. The molecule has 1 aliphatic carbocycles. The minimum absolute atomic E-state index is 0.0818. The fraction of sp³-hybridized carbons (Fsp3) is 0.318. The van der Waals surface area contributed by atoms with E-state index in [2.05, 4.69) is 10.2 Å². The van der Waals surface area contributed by atoms with Crippen LogP contribution in [0.1, 0.15) is 24.0 Å². The molecule has 32 heavy (non-hydrogen) atoms. The first-order valence-corrected chi connectivity index (χ1v) is 11.0. The minimum Gasteiger partial charge on any atom is -0.497 e. The molecule has 0 atom stereocenters. The van der Waals surface area contributed by atoms with Crippen molar-refractivity contribution in [1.82, 2.24) is 19.7 Å². The monoisotopic (exact) mass is 462 g/mol. The fourth-order valence-corrected chi connectivity index (χ4v) is 4.07. The lowest BCUT2D eigenvalue weighted by atomic mass is 10.1. The molecule has 0 aliphatic heterocycles. The number of ether oxygens (including phenoxy) is 1. The van der Waals surface area contributed by atoms with Crippen molar-refractivity contribution in [2.75, 3.05) is 12.9 Å². The van der Waals surface area contributed by atoms with E-state index in [4.69, 9.17) is 4.74 Å². The largest absolute Gasteiger partial charge is 0.497 e. The summed E-state index contributed by atoms with van der Waals surface area (Å²) in [6.45, 7) is 0.285. The number of hydrogen-bond donors (Lipinski definition) is 0. The number of halogens is 3. The van der Waals surface area contributed by atoms with E-state index in [1.54, 1.807) is 22.9 Å². The zero-order valence-corrected chi connectivity index (χ0v) is 18.1. The van der Waals surface area contributed by atoms with Crippen molar-refractivity contribution in [2.24, 2.45) is 0 Å². The molecule has 1 aliphatic rings. The van der Waals surface area contributed by atoms with Crippen LogP contribution < -0.4 is 4.74 Å². The van der Waals surface area contributed by atoms with Crippen molar-refractivity contribution in [1.29, 1.82) is 0 Å².